The lowest BCUT2D eigenvalue weighted by atomic mass is 9.85. The number of hydrogen-bond donors (Lipinski definition) is 4. The Hall–Kier alpha value is -6.50. The van der Waals surface area contributed by atoms with Crippen LogP contribution in [-0.4, -0.2) is 90.9 Å². The Morgan fingerprint density at radius 2 is 1.78 bits per heavy atom. The molecule has 0 radical (unpaired) electrons. The molecule has 60 heavy (non-hydrogen) atoms. The molecule has 2 saturated carbocycles. The number of non-ortho nitro benzene ring substituents is 1. The SMILES string of the molecule is C=C[C@@H]1C[C@@]1(NC(=O)[C@@H]1C[C@@H](Oc2nc(-c3ccccn3)nc3ccsc23)CN1C(=O)[C@@H](NC(=O)OC1CCCC1)C(C)(C)C)C(=O)NNC(=O)c1ccc([N+](=O)[O-])cc1. The van der Waals surface area contributed by atoms with Gasteiger partial charge in [-0.05, 0) is 73.2 Å². The van der Waals surface area contributed by atoms with E-state index < -0.39 is 69.7 Å². The molecule has 1 aromatic carbocycles. The standard InChI is InChI=1S/C41H45N9O9S/c1-5-24-21-41(24,38(54)48-47-34(51)23-13-15-25(16-14-23)50(56)57)46-35(52)30-20-27(58-36-31-28(17-19-60-31)43-33(45-36)29-12-8-9-18-42-29)22-49(30)37(53)32(40(2,3)4)44-39(55)59-26-10-6-7-11-26/h5,8-9,12-19,24,26-27,30,32H,1,6-7,10-11,20-22H2,2-4H3,(H,44,55)(H,46,52)(H,47,51)(H,48,54)/t24-,27-,30+,32-,41+/m1/s1. The Morgan fingerprint density at radius 1 is 1.03 bits per heavy atom. The van der Waals surface area contributed by atoms with Gasteiger partial charge in [0.25, 0.3) is 17.5 Å². The molecule has 0 bridgehead atoms. The fraction of sp³-hybridized carbons (Fsp3) is 0.415. The third-order valence-electron chi connectivity index (χ3n) is 10.9. The number of aromatic nitrogens is 3. The van der Waals surface area contributed by atoms with Crippen LogP contribution in [0.25, 0.3) is 21.7 Å². The van der Waals surface area contributed by atoms with Gasteiger partial charge in [0.1, 0.15) is 40.2 Å². The van der Waals surface area contributed by atoms with Gasteiger partial charge in [-0.25, -0.2) is 9.78 Å². The summed E-state index contributed by atoms with van der Waals surface area (Å²) >= 11 is 1.37. The van der Waals surface area contributed by atoms with Crippen molar-refractivity contribution in [3.63, 3.8) is 0 Å². The summed E-state index contributed by atoms with van der Waals surface area (Å²) in [5, 5.41) is 18.5. The Bertz CT molecular complexity index is 2310. The Balaban J connectivity index is 1.14. The van der Waals surface area contributed by atoms with Crippen molar-refractivity contribution in [2.24, 2.45) is 11.3 Å². The van der Waals surface area contributed by atoms with Gasteiger partial charge in [-0.15, -0.1) is 17.9 Å². The minimum Gasteiger partial charge on any atom is -0.471 e. The molecule has 314 valence electrons. The molecule has 19 heteroatoms. The minimum atomic E-state index is -1.53. The zero-order chi connectivity index (χ0) is 42.8. The highest BCUT2D eigenvalue weighted by Crippen LogP contribution is 2.45. The Kier molecular flexibility index (Phi) is 11.8. The first-order valence-electron chi connectivity index (χ1n) is 19.6. The fourth-order valence-electron chi connectivity index (χ4n) is 7.55. The predicted octanol–water partition coefficient (Wildman–Crippen LogP) is 4.62. The number of pyridine rings is 1. The van der Waals surface area contributed by atoms with Crippen LogP contribution in [0.3, 0.4) is 0 Å². The van der Waals surface area contributed by atoms with Gasteiger partial charge in [-0.2, -0.15) is 4.98 Å². The first kappa shape index (κ1) is 41.7. The first-order valence-corrected chi connectivity index (χ1v) is 20.5. The molecule has 1 saturated heterocycles. The number of carbonyl (C=O) groups excluding carboxylic acids is 5. The van der Waals surface area contributed by atoms with E-state index in [1.807, 2.05) is 17.5 Å². The number of alkyl carbamates (subject to hydrolysis) is 1. The number of likely N-dealkylation sites (tertiary alicyclic amines) is 1. The van der Waals surface area contributed by atoms with E-state index in [2.05, 4.69) is 38.0 Å². The topological polar surface area (TPSA) is 237 Å². The molecule has 1 aliphatic heterocycles. The lowest BCUT2D eigenvalue weighted by molar-refractivity contribution is -0.384. The van der Waals surface area contributed by atoms with Gasteiger partial charge in [-0.1, -0.05) is 32.9 Å². The number of nitrogens with zero attached hydrogens (tertiary/aromatic N) is 5. The maximum absolute atomic E-state index is 14.7. The number of nitro groups is 1. The number of thiophene rings is 1. The maximum atomic E-state index is 14.7. The van der Waals surface area contributed by atoms with Crippen LogP contribution >= 0.6 is 11.3 Å². The van der Waals surface area contributed by atoms with Crippen molar-refractivity contribution in [2.75, 3.05) is 6.54 Å². The van der Waals surface area contributed by atoms with Gasteiger partial charge in [0.2, 0.25) is 17.7 Å². The van der Waals surface area contributed by atoms with Crippen molar-refractivity contribution in [1.82, 2.24) is 41.3 Å². The van der Waals surface area contributed by atoms with Crippen molar-refractivity contribution in [3.05, 3.63) is 88.4 Å². The Labute approximate surface area is 348 Å². The summed E-state index contributed by atoms with van der Waals surface area (Å²) < 4.78 is 12.8. The van der Waals surface area contributed by atoms with Gasteiger partial charge in [0, 0.05) is 36.2 Å². The smallest absolute Gasteiger partial charge is 0.408 e. The molecule has 3 aliphatic rings. The van der Waals surface area contributed by atoms with E-state index in [0.29, 0.717) is 21.7 Å². The van der Waals surface area contributed by atoms with Gasteiger partial charge < -0.3 is 25.0 Å². The van der Waals surface area contributed by atoms with E-state index in [1.165, 1.54) is 34.4 Å². The summed E-state index contributed by atoms with van der Waals surface area (Å²) in [6, 6.07) is 9.69. The second-order valence-electron chi connectivity index (χ2n) is 16.2. The van der Waals surface area contributed by atoms with Gasteiger partial charge in [0.15, 0.2) is 5.82 Å². The van der Waals surface area contributed by atoms with Crippen LogP contribution in [0.15, 0.2) is 72.8 Å². The summed E-state index contributed by atoms with van der Waals surface area (Å²) in [7, 11) is 0. The quantitative estimate of drug-likeness (QED) is 0.0869. The van der Waals surface area contributed by atoms with Crippen molar-refractivity contribution < 1.29 is 38.4 Å². The van der Waals surface area contributed by atoms with Crippen molar-refractivity contribution in [2.45, 2.75) is 89.1 Å². The van der Waals surface area contributed by atoms with Gasteiger partial charge in [-0.3, -0.25) is 45.1 Å². The van der Waals surface area contributed by atoms with Crippen LogP contribution < -0.4 is 26.2 Å². The number of benzene rings is 1. The van der Waals surface area contributed by atoms with Gasteiger partial charge >= 0.3 is 6.09 Å². The number of hydrogen-bond acceptors (Lipinski definition) is 13. The minimum absolute atomic E-state index is 0.00984. The van der Waals surface area contributed by atoms with E-state index in [9.17, 15) is 34.1 Å². The number of ether oxygens (including phenoxy) is 2. The molecule has 0 spiro atoms. The van der Waals surface area contributed by atoms with Crippen LogP contribution in [0.4, 0.5) is 10.5 Å². The third-order valence-corrected chi connectivity index (χ3v) is 11.8. The molecule has 4 heterocycles. The average molecular weight is 840 g/mol. The third kappa shape index (κ3) is 8.90. The molecular weight excluding hydrogens is 795 g/mol. The summed E-state index contributed by atoms with van der Waals surface area (Å²) in [5.74, 6) is -2.67. The number of rotatable bonds is 12. The van der Waals surface area contributed by atoms with Crippen LogP contribution in [0.5, 0.6) is 5.88 Å². The molecule has 4 N–H and O–H groups in total. The molecule has 7 rings (SSSR count). The molecule has 2 aliphatic carbocycles. The largest absolute Gasteiger partial charge is 0.471 e. The van der Waals surface area contributed by atoms with Crippen LogP contribution in [0, 0.1) is 21.4 Å². The molecule has 3 aromatic heterocycles. The Morgan fingerprint density at radius 3 is 2.43 bits per heavy atom. The number of nitro benzene ring substituents is 1. The molecule has 4 aromatic rings. The average Bonchev–Trinajstić information content (AvgIpc) is 3.66. The number of nitrogens with one attached hydrogen (secondary N) is 4. The highest BCUT2D eigenvalue weighted by atomic mass is 32.1. The van der Waals surface area contributed by atoms with Crippen molar-refractivity contribution in [3.8, 4) is 17.4 Å². The number of hydrazine groups is 1. The van der Waals surface area contributed by atoms with Crippen molar-refractivity contribution >= 4 is 57.0 Å². The lowest BCUT2D eigenvalue weighted by Crippen LogP contribution is -2.60. The summed E-state index contributed by atoms with van der Waals surface area (Å²) in [4.78, 5) is 94.5. The molecule has 18 nitrogen and oxygen atoms in total. The van der Waals surface area contributed by atoms with Crippen LogP contribution in [0.1, 0.15) is 69.7 Å². The molecule has 5 atom stereocenters. The van der Waals surface area contributed by atoms with E-state index >= 15 is 0 Å². The second kappa shape index (κ2) is 17.0. The lowest BCUT2D eigenvalue weighted by Gasteiger charge is -2.35. The zero-order valence-electron chi connectivity index (χ0n) is 33.2. The molecule has 3 fully saturated rings. The first-order chi connectivity index (χ1) is 28.7. The van der Waals surface area contributed by atoms with Crippen LogP contribution in [0.2, 0.25) is 0 Å². The molecular formula is C41H45N9O9S. The number of carbonyl (C=O) groups is 5. The van der Waals surface area contributed by atoms with E-state index in [1.54, 1.807) is 39.1 Å². The fourth-order valence-corrected chi connectivity index (χ4v) is 8.31. The zero-order valence-corrected chi connectivity index (χ0v) is 34.0. The monoisotopic (exact) mass is 839 g/mol. The predicted molar refractivity (Wildman–Crippen MR) is 218 cm³/mol. The summed E-state index contributed by atoms with van der Waals surface area (Å²) in [5.41, 5.74) is 3.28. The van der Waals surface area contributed by atoms with Gasteiger partial charge in [0.05, 0.1) is 17.0 Å². The number of amides is 5. The van der Waals surface area contributed by atoms with Crippen molar-refractivity contribution in [1.29, 1.82) is 0 Å². The number of fused-ring (bicyclic) bond motifs is 1. The second-order valence-corrected chi connectivity index (χ2v) is 17.1. The normalized spacial score (nSPS) is 21.7. The van der Waals surface area contributed by atoms with E-state index in [-0.39, 0.29) is 42.6 Å². The summed E-state index contributed by atoms with van der Waals surface area (Å²) in [6.07, 6.45) is 4.88. The van der Waals surface area contributed by atoms with Crippen LogP contribution in [-0.2, 0) is 19.1 Å². The highest BCUT2D eigenvalue weighted by molar-refractivity contribution is 7.17. The maximum Gasteiger partial charge on any atom is 0.408 e. The van der Waals surface area contributed by atoms with E-state index in [0.717, 1.165) is 37.8 Å². The highest BCUT2D eigenvalue weighted by Gasteiger charge is 2.61. The molecule has 0 unspecified atom stereocenters. The summed E-state index contributed by atoms with van der Waals surface area (Å²) in [6.45, 7) is 9.11. The molecule has 5 amide bonds. The van der Waals surface area contributed by atoms with E-state index in [4.69, 9.17) is 14.5 Å².